The summed E-state index contributed by atoms with van der Waals surface area (Å²) in [5.41, 5.74) is 0.131. The van der Waals surface area contributed by atoms with Gasteiger partial charge in [-0.2, -0.15) is 0 Å². The lowest BCUT2D eigenvalue weighted by Gasteiger charge is -2.27. The molecular formula is C13H22FNO. The molecule has 0 bridgehead atoms. The van der Waals surface area contributed by atoms with Crippen molar-refractivity contribution in [3.63, 3.8) is 0 Å². The minimum atomic E-state index is -0.240. The minimum absolute atomic E-state index is 0.212. The summed E-state index contributed by atoms with van der Waals surface area (Å²) in [6.45, 7) is 6.04. The van der Waals surface area contributed by atoms with Crippen molar-refractivity contribution in [3.05, 3.63) is 11.4 Å². The van der Waals surface area contributed by atoms with Crippen LogP contribution in [0.1, 0.15) is 59.3 Å². The van der Waals surface area contributed by atoms with E-state index in [1.807, 2.05) is 13.8 Å². The van der Waals surface area contributed by atoms with E-state index in [0.29, 0.717) is 18.4 Å². The average Bonchev–Trinajstić information content (AvgIpc) is 2.17. The highest BCUT2D eigenvalue weighted by Gasteiger charge is 2.24. The van der Waals surface area contributed by atoms with Crippen LogP contribution in [0.2, 0.25) is 0 Å². The molecule has 0 atom stereocenters. The van der Waals surface area contributed by atoms with Crippen LogP contribution >= 0.6 is 0 Å². The van der Waals surface area contributed by atoms with Crippen LogP contribution in [0.15, 0.2) is 11.4 Å². The molecule has 1 aliphatic rings. The van der Waals surface area contributed by atoms with Gasteiger partial charge >= 0.3 is 0 Å². The van der Waals surface area contributed by atoms with E-state index in [0.717, 1.165) is 25.7 Å². The molecule has 1 N–H and O–H groups in total. The first-order chi connectivity index (χ1) is 7.46. The van der Waals surface area contributed by atoms with Crippen LogP contribution in [0, 0.1) is 0 Å². The Balaban J connectivity index is 2.64. The Kier molecular flexibility index (Phi) is 4.51. The lowest BCUT2D eigenvalue weighted by atomic mass is 9.94. The zero-order valence-corrected chi connectivity index (χ0v) is 10.5. The number of nitrogens with one attached hydrogen (secondary N) is 1. The van der Waals surface area contributed by atoms with Crippen LogP contribution in [0.5, 0.6) is 0 Å². The standard InChI is InChI=1S/C13H22FNO/c1-4-9-13(2,3)15-12(16)10-7-5-6-8-11(10)14/h4-9H2,1-3H3,(H,15,16). The smallest absolute Gasteiger partial charge is 0.250 e. The molecule has 0 radical (unpaired) electrons. The molecular weight excluding hydrogens is 205 g/mol. The molecule has 0 aromatic carbocycles. The van der Waals surface area contributed by atoms with Gasteiger partial charge in [-0.1, -0.05) is 13.3 Å². The fourth-order valence-corrected chi connectivity index (χ4v) is 2.18. The van der Waals surface area contributed by atoms with Gasteiger partial charge in [-0.15, -0.1) is 0 Å². The third kappa shape index (κ3) is 3.62. The summed E-state index contributed by atoms with van der Waals surface area (Å²) in [5, 5.41) is 2.92. The molecule has 0 fully saturated rings. The fraction of sp³-hybridized carbons (Fsp3) is 0.769. The van der Waals surface area contributed by atoms with E-state index in [4.69, 9.17) is 0 Å². The van der Waals surface area contributed by atoms with Gasteiger partial charge in [0.25, 0.3) is 0 Å². The van der Waals surface area contributed by atoms with Crippen molar-refractivity contribution in [1.29, 1.82) is 0 Å². The number of allylic oxidation sites excluding steroid dienone is 1. The van der Waals surface area contributed by atoms with E-state index in [1.54, 1.807) is 0 Å². The molecule has 0 heterocycles. The molecule has 3 heteroatoms. The summed E-state index contributed by atoms with van der Waals surface area (Å²) in [6, 6.07) is 0. The first-order valence-corrected chi connectivity index (χ1v) is 6.16. The van der Waals surface area contributed by atoms with Crippen LogP contribution in [-0.2, 0) is 4.79 Å². The molecule has 0 saturated carbocycles. The maximum atomic E-state index is 13.5. The van der Waals surface area contributed by atoms with Gasteiger partial charge in [0.1, 0.15) is 5.83 Å². The second-order valence-electron chi connectivity index (χ2n) is 5.18. The van der Waals surface area contributed by atoms with E-state index < -0.39 is 0 Å². The lowest BCUT2D eigenvalue weighted by molar-refractivity contribution is -0.119. The summed E-state index contributed by atoms with van der Waals surface area (Å²) in [5.74, 6) is -0.424. The second-order valence-corrected chi connectivity index (χ2v) is 5.18. The maximum absolute atomic E-state index is 13.5. The van der Waals surface area contributed by atoms with Crippen LogP contribution in [-0.4, -0.2) is 11.4 Å². The van der Waals surface area contributed by atoms with Crippen molar-refractivity contribution in [2.24, 2.45) is 0 Å². The summed E-state index contributed by atoms with van der Waals surface area (Å²) in [7, 11) is 0. The quantitative estimate of drug-likeness (QED) is 0.782. The summed E-state index contributed by atoms with van der Waals surface area (Å²) in [6.07, 6.45) is 4.71. The first kappa shape index (κ1) is 13.2. The Morgan fingerprint density at radius 1 is 1.38 bits per heavy atom. The molecule has 92 valence electrons. The minimum Gasteiger partial charge on any atom is -0.347 e. The van der Waals surface area contributed by atoms with E-state index in [1.165, 1.54) is 0 Å². The van der Waals surface area contributed by atoms with E-state index >= 15 is 0 Å². The highest BCUT2D eigenvalue weighted by molar-refractivity contribution is 5.94. The van der Waals surface area contributed by atoms with Crippen molar-refractivity contribution in [2.75, 3.05) is 0 Å². The number of hydrogen-bond donors (Lipinski definition) is 1. The van der Waals surface area contributed by atoms with Gasteiger partial charge in [-0.25, -0.2) is 4.39 Å². The average molecular weight is 227 g/mol. The van der Waals surface area contributed by atoms with Crippen LogP contribution < -0.4 is 5.32 Å². The Bertz CT molecular complexity index is 294. The number of rotatable bonds is 4. The molecule has 0 aliphatic heterocycles. The SMILES string of the molecule is CCCC(C)(C)NC(=O)C1=C(F)CCCC1. The number of carbonyl (C=O) groups excluding carboxylic acids is 1. The Morgan fingerprint density at radius 2 is 2.00 bits per heavy atom. The summed E-state index contributed by atoms with van der Waals surface area (Å²) >= 11 is 0. The third-order valence-electron chi connectivity index (χ3n) is 3.00. The van der Waals surface area contributed by atoms with Crippen molar-refractivity contribution in [1.82, 2.24) is 5.32 Å². The summed E-state index contributed by atoms with van der Waals surface area (Å²) < 4.78 is 13.5. The Hall–Kier alpha value is -0.860. The molecule has 1 aliphatic carbocycles. The van der Waals surface area contributed by atoms with Gasteiger partial charge in [0.2, 0.25) is 5.91 Å². The zero-order valence-electron chi connectivity index (χ0n) is 10.5. The highest BCUT2D eigenvalue weighted by atomic mass is 19.1. The topological polar surface area (TPSA) is 29.1 Å². The van der Waals surface area contributed by atoms with Gasteiger partial charge in [-0.3, -0.25) is 4.79 Å². The van der Waals surface area contributed by atoms with Gasteiger partial charge < -0.3 is 5.32 Å². The molecule has 0 aromatic rings. The van der Waals surface area contributed by atoms with E-state index in [9.17, 15) is 9.18 Å². The van der Waals surface area contributed by atoms with Crippen molar-refractivity contribution in [3.8, 4) is 0 Å². The molecule has 0 saturated heterocycles. The van der Waals surface area contributed by atoms with Crippen LogP contribution in [0.25, 0.3) is 0 Å². The maximum Gasteiger partial charge on any atom is 0.250 e. The molecule has 1 rings (SSSR count). The molecule has 16 heavy (non-hydrogen) atoms. The number of amides is 1. The third-order valence-corrected chi connectivity index (χ3v) is 3.00. The fourth-order valence-electron chi connectivity index (χ4n) is 2.18. The first-order valence-electron chi connectivity index (χ1n) is 6.16. The zero-order chi connectivity index (χ0) is 12.2. The lowest BCUT2D eigenvalue weighted by Crippen LogP contribution is -2.44. The second kappa shape index (κ2) is 5.46. The van der Waals surface area contributed by atoms with Gasteiger partial charge in [0, 0.05) is 11.1 Å². The predicted octanol–water partition coefficient (Wildman–Crippen LogP) is 3.48. The van der Waals surface area contributed by atoms with Gasteiger partial charge in [0.05, 0.1) is 0 Å². The molecule has 0 aromatic heterocycles. The number of halogens is 1. The van der Waals surface area contributed by atoms with Crippen LogP contribution in [0.4, 0.5) is 4.39 Å². The number of hydrogen-bond acceptors (Lipinski definition) is 1. The van der Waals surface area contributed by atoms with Gasteiger partial charge in [0.15, 0.2) is 0 Å². The van der Waals surface area contributed by atoms with Crippen molar-refractivity contribution in [2.45, 2.75) is 64.8 Å². The van der Waals surface area contributed by atoms with Crippen molar-refractivity contribution < 1.29 is 9.18 Å². The molecule has 0 unspecified atom stereocenters. The summed E-state index contributed by atoms with van der Waals surface area (Å²) in [4.78, 5) is 11.9. The van der Waals surface area contributed by atoms with Crippen LogP contribution in [0.3, 0.4) is 0 Å². The highest BCUT2D eigenvalue weighted by Crippen LogP contribution is 2.26. The van der Waals surface area contributed by atoms with E-state index in [2.05, 4.69) is 12.2 Å². The molecule has 0 spiro atoms. The molecule has 1 amide bonds. The molecule has 2 nitrogen and oxygen atoms in total. The van der Waals surface area contributed by atoms with Gasteiger partial charge in [-0.05, 0) is 46.0 Å². The Morgan fingerprint density at radius 3 is 2.56 bits per heavy atom. The monoisotopic (exact) mass is 227 g/mol. The van der Waals surface area contributed by atoms with E-state index in [-0.39, 0.29) is 17.3 Å². The normalized spacial score (nSPS) is 17.5. The number of carbonyl (C=O) groups is 1. The largest absolute Gasteiger partial charge is 0.347 e. The Labute approximate surface area is 97.3 Å². The van der Waals surface area contributed by atoms with Crippen molar-refractivity contribution >= 4 is 5.91 Å². The predicted molar refractivity (Wildman–Crippen MR) is 63.7 cm³/mol.